The molecule has 1 aliphatic rings. The van der Waals surface area contributed by atoms with E-state index in [1.807, 2.05) is 12.1 Å². The standard InChI is InChI=1S/C22H21N5O3S/c1-11-7-8-14-16(9-11)31-21-17(14)22(30)27(10-23-21)12(2)19(28)26-25-18-13-5-3-4-6-15(13)24-20(18)29/h3-6,10-12,24,29H,7-9H2,1-2H3/t11-,12+/m1/s1. The van der Waals surface area contributed by atoms with Crippen molar-refractivity contribution >= 4 is 44.1 Å². The molecule has 3 aromatic heterocycles. The topological polar surface area (TPSA) is 113 Å². The summed E-state index contributed by atoms with van der Waals surface area (Å²) in [7, 11) is 0. The molecule has 8 nitrogen and oxygen atoms in total. The number of benzene rings is 1. The van der Waals surface area contributed by atoms with E-state index in [1.165, 1.54) is 15.8 Å². The van der Waals surface area contributed by atoms with Gasteiger partial charge in [0.1, 0.15) is 10.9 Å². The summed E-state index contributed by atoms with van der Waals surface area (Å²) in [6.07, 6.45) is 4.28. The number of aromatic hydroxyl groups is 1. The lowest BCUT2D eigenvalue weighted by molar-refractivity contribution is -0.121. The highest BCUT2D eigenvalue weighted by molar-refractivity contribution is 7.18. The Labute approximate surface area is 181 Å². The van der Waals surface area contributed by atoms with Crippen molar-refractivity contribution in [1.82, 2.24) is 14.5 Å². The number of nitrogens with one attached hydrogen (secondary N) is 1. The smallest absolute Gasteiger partial charge is 0.287 e. The number of aromatic amines is 1. The average molecular weight is 436 g/mol. The van der Waals surface area contributed by atoms with E-state index >= 15 is 0 Å². The van der Waals surface area contributed by atoms with Gasteiger partial charge in [-0.1, -0.05) is 25.1 Å². The molecule has 3 heterocycles. The van der Waals surface area contributed by atoms with E-state index in [-0.39, 0.29) is 17.1 Å². The summed E-state index contributed by atoms with van der Waals surface area (Å²) in [6.45, 7) is 3.82. The van der Waals surface area contributed by atoms with Gasteiger partial charge in [0.15, 0.2) is 5.69 Å². The van der Waals surface area contributed by atoms with Crippen LogP contribution < -0.4 is 5.56 Å². The van der Waals surface area contributed by atoms with E-state index in [1.54, 1.807) is 30.4 Å². The molecule has 0 radical (unpaired) electrons. The predicted molar refractivity (Wildman–Crippen MR) is 119 cm³/mol. The van der Waals surface area contributed by atoms with Crippen molar-refractivity contribution in [3.63, 3.8) is 0 Å². The summed E-state index contributed by atoms with van der Waals surface area (Å²) in [5, 5.41) is 19.1. The molecule has 0 unspecified atom stereocenters. The summed E-state index contributed by atoms with van der Waals surface area (Å²) in [4.78, 5) is 35.1. The second-order valence-corrected chi connectivity index (χ2v) is 9.15. The van der Waals surface area contributed by atoms with Gasteiger partial charge < -0.3 is 10.1 Å². The van der Waals surface area contributed by atoms with Crippen molar-refractivity contribution in [3.05, 3.63) is 51.4 Å². The van der Waals surface area contributed by atoms with Crippen molar-refractivity contribution in [2.45, 2.75) is 39.2 Å². The van der Waals surface area contributed by atoms with Crippen LogP contribution in [0, 0.1) is 5.92 Å². The fourth-order valence-electron chi connectivity index (χ4n) is 4.14. The van der Waals surface area contributed by atoms with Gasteiger partial charge in [-0.15, -0.1) is 21.6 Å². The van der Waals surface area contributed by atoms with Crippen LogP contribution in [0.4, 0.5) is 5.69 Å². The molecule has 31 heavy (non-hydrogen) atoms. The first kappa shape index (κ1) is 19.6. The largest absolute Gasteiger partial charge is 0.493 e. The maximum Gasteiger partial charge on any atom is 0.287 e. The third kappa shape index (κ3) is 3.25. The highest BCUT2D eigenvalue weighted by atomic mass is 32.1. The normalized spacial score (nSPS) is 17.4. The molecular weight excluding hydrogens is 414 g/mol. The summed E-state index contributed by atoms with van der Waals surface area (Å²) < 4.78 is 1.32. The maximum atomic E-state index is 13.2. The number of azo groups is 1. The van der Waals surface area contributed by atoms with Gasteiger partial charge in [-0.3, -0.25) is 14.2 Å². The molecule has 0 aliphatic heterocycles. The van der Waals surface area contributed by atoms with Crippen molar-refractivity contribution in [1.29, 1.82) is 0 Å². The van der Waals surface area contributed by atoms with Crippen molar-refractivity contribution in [2.75, 3.05) is 0 Å². The first-order valence-electron chi connectivity index (χ1n) is 10.2. The minimum atomic E-state index is -0.862. The number of hydrogen-bond donors (Lipinski definition) is 2. The van der Waals surface area contributed by atoms with Gasteiger partial charge in [0, 0.05) is 10.3 Å². The number of carbonyl (C=O) groups is 1. The molecule has 1 aliphatic carbocycles. The number of aromatic nitrogens is 3. The number of fused-ring (bicyclic) bond motifs is 4. The number of carbonyl (C=O) groups excluding carboxylic acids is 1. The van der Waals surface area contributed by atoms with Gasteiger partial charge in [0.25, 0.3) is 11.5 Å². The zero-order chi connectivity index (χ0) is 21.7. The lowest BCUT2D eigenvalue weighted by atomic mass is 9.89. The number of H-pyrrole nitrogens is 1. The van der Waals surface area contributed by atoms with E-state index in [0.717, 1.165) is 29.7 Å². The summed E-state index contributed by atoms with van der Waals surface area (Å²) in [5.41, 5.74) is 1.74. The van der Waals surface area contributed by atoms with E-state index in [9.17, 15) is 14.7 Å². The van der Waals surface area contributed by atoms with E-state index in [2.05, 4.69) is 27.1 Å². The Kier molecular flexibility index (Phi) is 4.70. The average Bonchev–Trinajstić information content (AvgIpc) is 3.28. The van der Waals surface area contributed by atoms with Gasteiger partial charge in [-0.25, -0.2) is 4.98 Å². The van der Waals surface area contributed by atoms with Crippen molar-refractivity contribution < 1.29 is 9.90 Å². The third-order valence-corrected chi connectivity index (χ3v) is 7.09. The Morgan fingerprint density at radius 3 is 3.03 bits per heavy atom. The SMILES string of the molecule is C[C@@H]1CCc2c(sc3ncn([C@@H](C)C(=O)N=Nc4c(O)[nH]c5ccccc45)c(=O)c23)C1. The van der Waals surface area contributed by atoms with Crippen molar-refractivity contribution in [3.8, 4) is 5.88 Å². The molecule has 5 rings (SSSR count). The predicted octanol–water partition coefficient (Wildman–Crippen LogP) is 4.64. The van der Waals surface area contributed by atoms with Crippen LogP contribution in [0.1, 0.15) is 36.8 Å². The van der Waals surface area contributed by atoms with E-state index in [0.29, 0.717) is 22.2 Å². The minimum Gasteiger partial charge on any atom is -0.493 e. The quantitative estimate of drug-likeness (QED) is 0.456. The molecule has 0 saturated carbocycles. The summed E-state index contributed by atoms with van der Waals surface area (Å²) in [6, 6.07) is 6.34. The van der Waals surface area contributed by atoms with E-state index < -0.39 is 11.9 Å². The number of amides is 1. The van der Waals surface area contributed by atoms with Crippen molar-refractivity contribution in [2.24, 2.45) is 16.1 Å². The van der Waals surface area contributed by atoms with Crippen LogP contribution in [0.2, 0.25) is 0 Å². The van der Waals surface area contributed by atoms with Crippen LogP contribution in [0.3, 0.4) is 0 Å². The fourth-order valence-corrected chi connectivity index (χ4v) is 5.48. The molecule has 0 bridgehead atoms. The van der Waals surface area contributed by atoms with Crippen LogP contribution >= 0.6 is 11.3 Å². The molecule has 2 N–H and O–H groups in total. The van der Waals surface area contributed by atoms with Gasteiger partial charge in [-0.2, -0.15) is 0 Å². The first-order valence-corrected chi connectivity index (χ1v) is 11.0. The number of hydrogen-bond acceptors (Lipinski definition) is 6. The van der Waals surface area contributed by atoms with Crippen LogP contribution in [-0.2, 0) is 17.6 Å². The third-order valence-electron chi connectivity index (χ3n) is 5.92. The molecule has 0 spiro atoms. The fraction of sp³-hybridized carbons (Fsp3) is 0.318. The maximum absolute atomic E-state index is 13.2. The molecule has 1 amide bonds. The minimum absolute atomic E-state index is 0.162. The molecule has 2 atom stereocenters. The lowest BCUT2D eigenvalue weighted by Crippen LogP contribution is -2.28. The van der Waals surface area contributed by atoms with Gasteiger partial charge in [0.2, 0.25) is 5.88 Å². The highest BCUT2D eigenvalue weighted by Crippen LogP contribution is 2.36. The monoisotopic (exact) mass is 435 g/mol. The second-order valence-electron chi connectivity index (χ2n) is 8.07. The molecule has 158 valence electrons. The van der Waals surface area contributed by atoms with Crippen LogP contribution in [0.15, 0.2) is 45.6 Å². The molecule has 0 saturated heterocycles. The number of aryl methyl sites for hydroxylation is 1. The molecule has 1 aromatic carbocycles. The van der Waals surface area contributed by atoms with Crippen LogP contribution in [0.25, 0.3) is 21.1 Å². The Hall–Kier alpha value is -3.33. The Bertz CT molecular complexity index is 1410. The molecule has 9 heteroatoms. The molecular formula is C22H21N5O3S. The molecule has 0 fully saturated rings. The molecule has 4 aromatic rings. The lowest BCUT2D eigenvalue weighted by Gasteiger charge is -2.17. The van der Waals surface area contributed by atoms with Crippen LogP contribution in [-0.4, -0.2) is 25.5 Å². The number of nitrogens with zero attached hydrogens (tertiary/aromatic N) is 4. The van der Waals surface area contributed by atoms with Gasteiger partial charge in [-0.05, 0) is 43.7 Å². The Morgan fingerprint density at radius 1 is 1.39 bits per heavy atom. The van der Waals surface area contributed by atoms with Gasteiger partial charge >= 0.3 is 0 Å². The Morgan fingerprint density at radius 2 is 2.19 bits per heavy atom. The zero-order valence-electron chi connectivity index (χ0n) is 17.1. The highest BCUT2D eigenvalue weighted by Gasteiger charge is 2.25. The first-order chi connectivity index (χ1) is 14.9. The summed E-state index contributed by atoms with van der Waals surface area (Å²) >= 11 is 1.58. The van der Waals surface area contributed by atoms with E-state index in [4.69, 9.17) is 0 Å². The Balaban J connectivity index is 1.48. The zero-order valence-corrected chi connectivity index (χ0v) is 17.9. The summed E-state index contributed by atoms with van der Waals surface area (Å²) in [5.74, 6) is -0.153. The second kappa shape index (κ2) is 7.42. The van der Waals surface area contributed by atoms with Gasteiger partial charge in [0.05, 0.1) is 17.2 Å². The number of para-hydroxylation sites is 1. The van der Waals surface area contributed by atoms with Crippen LogP contribution in [0.5, 0.6) is 5.88 Å². The number of thiophene rings is 1. The number of rotatable bonds is 3.